The van der Waals surface area contributed by atoms with Gasteiger partial charge in [0, 0.05) is 5.56 Å². The van der Waals surface area contributed by atoms with Gasteiger partial charge in [0.15, 0.2) is 0 Å². The van der Waals surface area contributed by atoms with Crippen LogP contribution in [0.4, 0.5) is 4.39 Å². The third-order valence-corrected chi connectivity index (χ3v) is 3.58. The minimum Gasteiger partial charge on any atom is -0.493 e. The molecule has 0 bridgehead atoms. The van der Waals surface area contributed by atoms with Gasteiger partial charge < -0.3 is 10.2 Å². The average Bonchev–Trinajstić information content (AvgIpc) is 2.39. The first-order valence-electron chi connectivity index (χ1n) is 6.17. The van der Waals surface area contributed by atoms with Gasteiger partial charge in [-0.3, -0.25) is 0 Å². The topological polar surface area (TPSA) is 66.2 Å². The zero-order valence-corrected chi connectivity index (χ0v) is 10.2. The van der Waals surface area contributed by atoms with E-state index in [9.17, 15) is 14.6 Å². The number of benzene rings is 1. The van der Waals surface area contributed by atoms with Crippen molar-refractivity contribution in [1.82, 2.24) is 9.97 Å². The minimum atomic E-state index is -0.416. The van der Waals surface area contributed by atoms with E-state index in [2.05, 4.69) is 9.97 Å². The fourth-order valence-electron chi connectivity index (χ4n) is 2.65. The molecule has 0 aliphatic heterocycles. The number of aryl methyl sites for hydroxylation is 1. The molecule has 0 spiro atoms. The first kappa shape index (κ1) is 11.9. The maximum atomic E-state index is 13.8. The number of aromatic nitrogens is 2. The second-order valence-corrected chi connectivity index (χ2v) is 4.73. The third kappa shape index (κ3) is 2.12. The fourth-order valence-corrected chi connectivity index (χ4v) is 2.65. The van der Waals surface area contributed by atoms with E-state index >= 15 is 0 Å². The molecule has 5 heteroatoms. The summed E-state index contributed by atoms with van der Waals surface area (Å²) in [6, 6.07) is 6.26. The number of aromatic hydroxyl groups is 2. The van der Waals surface area contributed by atoms with Crippen molar-refractivity contribution in [2.24, 2.45) is 0 Å². The monoisotopic (exact) mass is 260 g/mol. The molecule has 1 aromatic carbocycles. The van der Waals surface area contributed by atoms with Gasteiger partial charge in [-0.25, -0.2) is 4.39 Å². The van der Waals surface area contributed by atoms with Crippen LogP contribution in [0.25, 0.3) is 0 Å². The molecule has 0 saturated heterocycles. The fraction of sp³-hybridized carbons (Fsp3) is 0.286. The van der Waals surface area contributed by atoms with Crippen LogP contribution in [0.2, 0.25) is 0 Å². The van der Waals surface area contributed by atoms with E-state index < -0.39 is 6.01 Å². The van der Waals surface area contributed by atoms with E-state index in [-0.39, 0.29) is 17.6 Å². The molecule has 4 nitrogen and oxygen atoms in total. The molecule has 0 saturated carbocycles. The number of fused-ring (bicyclic) bond motifs is 1. The summed E-state index contributed by atoms with van der Waals surface area (Å²) < 4.78 is 13.8. The zero-order chi connectivity index (χ0) is 13.4. The Hall–Kier alpha value is -2.17. The largest absolute Gasteiger partial charge is 0.493 e. The molecule has 1 heterocycles. The summed E-state index contributed by atoms with van der Waals surface area (Å²) in [4.78, 5) is 7.46. The highest BCUT2D eigenvalue weighted by Crippen LogP contribution is 2.36. The number of rotatable bonds is 1. The lowest BCUT2D eigenvalue weighted by Crippen LogP contribution is -2.16. The van der Waals surface area contributed by atoms with Crippen LogP contribution in [0.15, 0.2) is 24.3 Å². The Morgan fingerprint density at radius 1 is 1.16 bits per heavy atom. The van der Waals surface area contributed by atoms with E-state index in [4.69, 9.17) is 0 Å². The van der Waals surface area contributed by atoms with Crippen molar-refractivity contribution in [3.63, 3.8) is 0 Å². The summed E-state index contributed by atoms with van der Waals surface area (Å²) in [5.41, 5.74) is 1.91. The summed E-state index contributed by atoms with van der Waals surface area (Å²) in [5, 5.41) is 19.0. The Balaban J connectivity index is 1.97. The second-order valence-electron chi connectivity index (χ2n) is 4.73. The number of hydrogen-bond acceptors (Lipinski definition) is 4. The highest BCUT2D eigenvalue weighted by molar-refractivity contribution is 5.37. The molecule has 0 fully saturated rings. The first-order valence-corrected chi connectivity index (χ1v) is 6.17. The van der Waals surface area contributed by atoms with Crippen molar-refractivity contribution < 1.29 is 14.6 Å². The molecule has 1 aliphatic rings. The molecule has 1 atom stereocenters. The van der Waals surface area contributed by atoms with Gasteiger partial charge in [0.25, 0.3) is 0 Å². The van der Waals surface area contributed by atoms with Gasteiger partial charge >= 0.3 is 6.01 Å². The summed E-state index contributed by atoms with van der Waals surface area (Å²) in [6.45, 7) is 0. The predicted molar refractivity (Wildman–Crippen MR) is 66.5 cm³/mol. The van der Waals surface area contributed by atoms with E-state index in [0.29, 0.717) is 29.7 Å². The SMILES string of the molecule is Oc1nc(O)c2c(n1)CCC(c1ccccc1F)C2. The average molecular weight is 260 g/mol. The van der Waals surface area contributed by atoms with Crippen LogP contribution in [0.1, 0.15) is 29.2 Å². The molecule has 3 rings (SSSR count). The summed E-state index contributed by atoms with van der Waals surface area (Å²) in [7, 11) is 0. The first-order chi connectivity index (χ1) is 9.15. The number of hydrogen-bond donors (Lipinski definition) is 2. The molecule has 0 radical (unpaired) electrons. The highest BCUT2D eigenvalue weighted by Gasteiger charge is 2.26. The Morgan fingerprint density at radius 3 is 2.74 bits per heavy atom. The summed E-state index contributed by atoms with van der Waals surface area (Å²) in [5.74, 6) is -0.425. The molecular weight excluding hydrogens is 247 g/mol. The summed E-state index contributed by atoms with van der Waals surface area (Å²) in [6.07, 6.45) is 1.82. The van der Waals surface area contributed by atoms with Gasteiger partial charge in [-0.05, 0) is 36.8 Å². The Morgan fingerprint density at radius 2 is 1.95 bits per heavy atom. The van der Waals surface area contributed by atoms with Crippen LogP contribution in [-0.4, -0.2) is 20.2 Å². The molecule has 98 valence electrons. The quantitative estimate of drug-likeness (QED) is 0.825. The maximum Gasteiger partial charge on any atom is 0.317 e. The molecular formula is C14H13FN2O2. The number of nitrogens with zero attached hydrogens (tertiary/aromatic N) is 2. The lowest BCUT2D eigenvalue weighted by molar-refractivity contribution is 0.381. The van der Waals surface area contributed by atoms with E-state index in [1.807, 2.05) is 0 Å². The maximum absolute atomic E-state index is 13.8. The Labute approximate surface area is 109 Å². The molecule has 2 aromatic rings. The minimum absolute atomic E-state index is 0.00717. The molecule has 1 aromatic heterocycles. The van der Waals surface area contributed by atoms with E-state index in [1.54, 1.807) is 18.2 Å². The van der Waals surface area contributed by atoms with Gasteiger partial charge in [-0.15, -0.1) is 0 Å². The Kier molecular flexibility index (Phi) is 2.81. The molecule has 1 aliphatic carbocycles. The molecule has 1 unspecified atom stereocenters. The van der Waals surface area contributed by atoms with Crippen LogP contribution in [0.3, 0.4) is 0 Å². The van der Waals surface area contributed by atoms with Crippen molar-refractivity contribution in [3.8, 4) is 11.9 Å². The zero-order valence-electron chi connectivity index (χ0n) is 10.2. The van der Waals surface area contributed by atoms with Gasteiger partial charge in [-0.2, -0.15) is 9.97 Å². The van der Waals surface area contributed by atoms with Crippen LogP contribution in [0.5, 0.6) is 11.9 Å². The Bertz CT molecular complexity index is 631. The second kappa shape index (κ2) is 4.50. The van der Waals surface area contributed by atoms with Crippen LogP contribution >= 0.6 is 0 Å². The van der Waals surface area contributed by atoms with Crippen molar-refractivity contribution in [3.05, 3.63) is 46.9 Å². The van der Waals surface area contributed by atoms with Crippen molar-refractivity contribution in [2.45, 2.75) is 25.2 Å². The van der Waals surface area contributed by atoms with Gasteiger partial charge in [0.1, 0.15) is 5.82 Å². The van der Waals surface area contributed by atoms with Crippen LogP contribution < -0.4 is 0 Å². The van der Waals surface area contributed by atoms with Gasteiger partial charge in [-0.1, -0.05) is 18.2 Å². The van der Waals surface area contributed by atoms with Crippen molar-refractivity contribution in [2.75, 3.05) is 0 Å². The van der Waals surface area contributed by atoms with E-state index in [0.717, 1.165) is 6.42 Å². The number of halogens is 1. The van der Waals surface area contributed by atoms with Crippen molar-refractivity contribution >= 4 is 0 Å². The highest BCUT2D eigenvalue weighted by atomic mass is 19.1. The molecule has 0 amide bonds. The predicted octanol–water partition coefficient (Wildman–Crippen LogP) is 2.30. The standard InChI is InChI=1S/C14H13FN2O2/c15-11-4-2-1-3-9(11)8-5-6-12-10(7-8)13(18)17-14(19)16-12/h1-4,8H,5-7H2,(H2,16,17,18,19). The molecule has 2 N–H and O–H groups in total. The smallest absolute Gasteiger partial charge is 0.317 e. The van der Waals surface area contributed by atoms with Crippen LogP contribution in [0, 0.1) is 5.82 Å². The van der Waals surface area contributed by atoms with Crippen molar-refractivity contribution in [1.29, 1.82) is 0 Å². The van der Waals surface area contributed by atoms with E-state index in [1.165, 1.54) is 6.07 Å². The molecule has 19 heavy (non-hydrogen) atoms. The lowest BCUT2D eigenvalue weighted by atomic mass is 9.82. The van der Waals surface area contributed by atoms with Gasteiger partial charge in [0.05, 0.1) is 5.69 Å². The summed E-state index contributed by atoms with van der Waals surface area (Å²) >= 11 is 0. The van der Waals surface area contributed by atoms with Crippen LogP contribution in [-0.2, 0) is 12.8 Å². The lowest BCUT2D eigenvalue weighted by Gasteiger charge is -2.24. The third-order valence-electron chi connectivity index (χ3n) is 3.58. The normalized spacial score (nSPS) is 18.1. The van der Waals surface area contributed by atoms with Gasteiger partial charge in [0.2, 0.25) is 5.88 Å².